The average molecular weight is 293 g/mol. The summed E-state index contributed by atoms with van der Waals surface area (Å²) in [4.78, 5) is 22.3. The molecular weight excluding hydrogens is 274 g/mol. The zero-order valence-electron chi connectivity index (χ0n) is 11.6. The van der Waals surface area contributed by atoms with Crippen LogP contribution in [0.25, 0.3) is 0 Å². The molecule has 0 bridgehead atoms. The summed E-state index contributed by atoms with van der Waals surface area (Å²) in [6.45, 7) is 1.51. The summed E-state index contributed by atoms with van der Waals surface area (Å²) >= 11 is 0. The van der Waals surface area contributed by atoms with Crippen molar-refractivity contribution in [2.24, 2.45) is 11.5 Å². The number of amides is 2. The Labute approximate surface area is 122 Å². The van der Waals surface area contributed by atoms with Gasteiger partial charge in [-0.15, -0.1) is 0 Å². The van der Waals surface area contributed by atoms with E-state index in [1.165, 1.54) is 0 Å². The SMILES string of the molecule is NC(=O)CC(N)C(=O)NCCc1ccc2c(c1)OCCO2. The molecule has 1 aliphatic heterocycles. The lowest BCUT2D eigenvalue weighted by Crippen LogP contribution is -2.43. The fourth-order valence-corrected chi connectivity index (χ4v) is 2.01. The Hall–Kier alpha value is -2.28. The van der Waals surface area contributed by atoms with Crippen LogP contribution in [0.1, 0.15) is 12.0 Å². The van der Waals surface area contributed by atoms with Crippen molar-refractivity contribution in [1.29, 1.82) is 0 Å². The number of fused-ring (bicyclic) bond motifs is 1. The Bertz CT molecular complexity index is 533. The van der Waals surface area contributed by atoms with E-state index < -0.39 is 11.9 Å². The summed E-state index contributed by atoms with van der Waals surface area (Å²) in [6, 6.07) is 4.76. The fraction of sp³-hybridized carbons (Fsp3) is 0.429. The maximum absolute atomic E-state index is 11.6. The van der Waals surface area contributed by atoms with Gasteiger partial charge < -0.3 is 26.3 Å². The standard InChI is InChI=1S/C14H19N3O4/c15-10(8-13(16)18)14(19)17-4-3-9-1-2-11-12(7-9)21-6-5-20-11/h1-2,7,10H,3-6,8,15H2,(H2,16,18)(H,17,19). The average Bonchev–Trinajstić information content (AvgIpc) is 2.46. The van der Waals surface area contributed by atoms with Gasteiger partial charge in [0.05, 0.1) is 12.5 Å². The number of benzene rings is 1. The van der Waals surface area contributed by atoms with Gasteiger partial charge in [-0.05, 0) is 24.1 Å². The van der Waals surface area contributed by atoms with Gasteiger partial charge in [0.1, 0.15) is 13.2 Å². The Balaban J connectivity index is 1.81. The summed E-state index contributed by atoms with van der Waals surface area (Å²) in [6.07, 6.45) is 0.474. The summed E-state index contributed by atoms with van der Waals surface area (Å²) in [5.74, 6) is 0.476. The maximum atomic E-state index is 11.6. The molecule has 1 heterocycles. The molecule has 0 spiro atoms. The molecule has 0 saturated heterocycles. The second kappa shape index (κ2) is 6.94. The minimum Gasteiger partial charge on any atom is -0.486 e. The van der Waals surface area contributed by atoms with Crippen molar-refractivity contribution in [2.75, 3.05) is 19.8 Å². The van der Waals surface area contributed by atoms with Crippen LogP contribution in [0.3, 0.4) is 0 Å². The number of nitrogens with two attached hydrogens (primary N) is 2. The van der Waals surface area contributed by atoms with Crippen LogP contribution in [0.5, 0.6) is 11.5 Å². The van der Waals surface area contributed by atoms with Crippen LogP contribution in [0, 0.1) is 0 Å². The lowest BCUT2D eigenvalue weighted by atomic mass is 10.1. The van der Waals surface area contributed by atoms with E-state index >= 15 is 0 Å². The van der Waals surface area contributed by atoms with Gasteiger partial charge in [-0.1, -0.05) is 6.07 Å². The first kappa shape index (κ1) is 15.1. The highest BCUT2D eigenvalue weighted by molar-refractivity contribution is 5.87. The van der Waals surface area contributed by atoms with Gasteiger partial charge in [0.25, 0.3) is 0 Å². The first-order chi connectivity index (χ1) is 10.1. The normalized spacial score (nSPS) is 14.3. The molecule has 7 heteroatoms. The topological polar surface area (TPSA) is 117 Å². The van der Waals surface area contributed by atoms with Crippen molar-refractivity contribution in [1.82, 2.24) is 5.32 Å². The minimum atomic E-state index is -0.900. The van der Waals surface area contributed by atoms with E-state index in [9.17, 15) is 9.59 Å². The summed E-state index contributed by atoms with van der Waals surface area (Å²) in [5.41, 5.74) is 11.5. The van der Waals surface area contributed by atoms with Crippen molar-refractivity contribution < 1.29 is 19.1 Å². The lowest BCUT2D eigenvalue weighted by Gasteiger charge is -2.19. The minimum absolute atomic E-state index is 0.157. The molecule has 0 radical (unpaired) electrons. The van der Waals surface area contributed by atoms with Crippen LogP contribution in [0.2, 0.25) is 0 Å². The monoisotopic (exact) mass is 293 g/mol. The Morgan fingerprint density at radius 1 is 1.24 bits per heavy atom. The fourth-order valence-electron chi connectivity index (χ4n) is 2.01. The molecule has 5 N–H and O–H groups in total. The molecule has 7 nitrogen and oxygen atoms in total. The number of rotatable bonds is 6. The molecule has 2 amide bonds. The second-order valence-corrected chi connectivity index (χ2v) is 4.80. The first-order valence-corrected chi connectivity index (χ1v) is 6.76. The van der Waals surface area contributed by atoms with E-state index in [4.69, 9.17) is 20.9 Å². The van der Waals surface area contributed by atoms with E-state index in [-0.39, 0.29) is 12.3 Å². The Kier molecular flexibility index (Phi) is 4.99. The van der Waals surface area contributed by atoms with Gasteiger partial charge in [0.15, 0.2) is 11.5 Å². The molecule has 0 fully saturated rings. The molecule has 114 valence electrons. The number of ether oxygens (including phenoxy) is 2. The predicted molar refractivity (Wildman–Crippen MR) is 75.9 cm³/mol. The van der Waals surface area contributed by atoms with Crippen LogP contribution in [-0.2, 0) is 16.0 Å². The van der Waals surface area contributed by atoms with Crippen LogP contribution < -0.4 is 26.3 Å². The van der Waals surface area contributed by atoms with Gasteiger partial charge in [-0.25, -0.2) is 0 Å². The molecule has 2 rings (SSSR count). The largest absolute Gasteiger partial charge is 0.486 e. The molecule has 1 unspecified atom stereocenters. The molecule has 21 heavy (non-hydrogen) atoms. The Morgan fingerprint density at radius 3 is 2.67 bits per heavy atom. The molecule has 0 aliphatic carbocycles. The van der Waals surface area contributed by atoms with E-state index in [0.29, 0.717) is 26.2 Å². The van der Waals surface area contributed by atoms with Crippen LogP contribution in [-0.4, -0.2) is 37.6 Å². The molecule has 0 saturated carbocycles. The molecule has 1 aromatic carbocycles. The van der Waals surface area contributed by atoms with E-state index in [0.717, 1.165) is 17.1 Å². The molecule has 0 aromatic heterocycles. The third-order valence-electron chi connectivity index (χ3n) is 3.08. The van der Waals surface area contributed by atoms with Crippen LogP contribution in [0.4, 0.5) is 0 Å². The number of hydrogen-bond donors (Lipinski definition) is 3. The number of nitrogens with one attached hydrogen (secondary N) is 1. The van der Waals surface area contributed by atoms with E-state index in [1.807, 2.05) is 18.2 Å². The maximum Gasteiger partial charge on any atom is 0.237 e. The first-order valence-electron chi connectivity index (χ1n) is 6.76. The van der Waals surface area contributed by atoms with Crippen molar-refractivity contribution >= 4 is 11.8 Å². The van der Waals surface area contributed by atoms with Gasteiger partial charge >= 0.3 is 0 Å². The van der Waals surface area contributed by atoms with Gasteiger partial charge in [-0.2, -0.15) is 0 Å². The molecule has 1 atom stereocenters. The Morgan fingerprint density at radius 2 is 1.95 bits per heavy atom. The highest BCUT2D eigenvalue weighted by Gasteiger charge is 2.15. The van der Waals surface area contributed by atoms with Crippen LogP contribution >= 0.6 is 0 Å². The third kappa shape index (κ3) is 4.35. The van der Waals surface area contributed by atoms with Crippen molar-refractivity contribution in [3.05, 3.63) is 23.8 Å². The van der Waals surface area contributed by atoms with Crippen LogP contribution in [0.15, 0.2) is 18.2 Å². The molecule has 1 aromatic rings. The summed E-state index contributed by atoms with van der Waals surface area (Å²) in [5, 5.41) is 2.67. The molecule has 1 aliphatic rings. The smallest absolute Gasteiger partial charge is 0.237 e. The number of primary amides is 1. The quantitative estimate of drug-likeness (QED) is 0.642. The number of carbonyl (C=O) groups excluding carboxylic acids is 2. The van der Waals surface area contributed by atoms with E-state index in [1.54, 1.807) is 0 Å². The molecular formula is C14H19N3O4. The summed E-state index contributed by atoms with van der Waals surface area (Å²) < 4.78 is 10.9. The highest BCUT2D eigenvalue weighted by atomic mass is 16.6. The van der Waals surface area contributed by atoms with Gasteiger partial charge in [0.2, 0.25) is 11.8 Å². The zero-order chi connectivity index (χ0) is 15.2. The number of hydrogen-bond acceptors (Lipinski definition) is 5. The third-order valence-corrected chi connectivity index (χ3v) is 3.08. The zero-order valence-corrected chi connectivity index (χ0v) is 11.6. The van der Waals surface area contributed by atoms with Gasteiger partial charge in [0, 0.05) is 6.54 Å². The van der Waals surface area contributed by atoms with Gasteiger partial charge in [-0.3, -0.25) is 9.59 Å². The van der Waals surface area contributed by atoms with Crippen molar-refractivity contribution in [3.63, 3.8) is 0 Å². The predicted octanol–water partition coefficient (Wildman–Crippen LogP) is -0.681. The number of carbonyl (C=O) groups is 2. The van der Waals surface area contributed by atoms with E-state index in [2.05, 4.69) is 5.32 Å². The second-order valence-electron chi connectivity index (χ2n) is 4.80. The van der Waals surface area contributed by atoms with Crippen molar-refractivity contribution in [2.45, 2.75) is 18.9 Å². The highest BCUT2D eigenvalue weighted by Crippen LogP contribution is 2.30. The summed E-state index contributed by atoms with van der Waals surface area (Å²) in [7, 11) is 0. The van der Waals surface area contributed by atoms with Crippen molar-refractivity contribution in [3.8, 4) is 11.5 Å². The lowest BCUT2D eigenvalue weighted by molar-refractivity contribution is -0.126.